The van der Waals surface area contributed by atoms with Crippen LogP contribution in [0.5, 0.6) is 0 Å². The van der Waals surface area contributed by atoms with E-state index in [9.17, 15) is 4.79 Å². The van der Waals surface area contributed by atoms with Gasteiger partial charge < -0.3 is 10.2 Å². The molecule has 1 aromatic carbocycles. The van der Waals surface area contributed by atoms with Crippen LogP contribution in [0.25, 0.3) is 0 Å². The van der Waals surface area contributed by atoms with Gasteiger partial charge in [0, 0.05) is 23.8 Å². The number of carbonyl (C=O) groups excluding carboxylic acids is 1. The number of benzene rings is 1. The molecular weight excluding hydrogens is 478 g/mol. The second-order valence-electron chi connectivity index (χ2n) is 6.84. The summed E-state index contributed by atoms with van der Waals surface area (Å²) in [7, 11) is 2.00. The highest BCUT2D eigenvalue weighted by Crippen LogP contribution is 2.27. The number of nitrogens with one attached hydrogen (secondary N) is 1. The Hall–Kier alpha value is -0.530. The van der Waals surface area contributed by atoms with Gasteiger partial charge >= 0.3 is 0 Å². The van der Waals surface area contributed by atoms with Crippen molar-refractivity contribution in [2.75, 3.05) is 12.8 Å². The first-order valence-electron chi connectivity index (χ1n) is 9.09. The Bertz CT molecular complexity index is 633. The molecule has 0 bridgehead atoms. The smallest absolute Gasteiger partial charge is 0.243 e. The number of carbonyl (C=O) groups is 1. The first-order valence-corrected chi connectivity index (χ1v) is 10.9. The molecule has 4 nitrogen and oxygen atoms in total. The fraction of sp³-hybridized carbons (Fsp3) is 0.579. The number of likely N-dealkylation sites (N-methyl/N-ethyl adjacent to an activating group) is 1. The molecule has 0 radical (unpaired) electrons. The van der Waals surface area contributed by atoms with Gasteiger partial charge in [-0.25, -0.2) is 0 Å². The van der Waals surface area contributed by atoms with Crippen molar-refractivity contribution in [3.63, 3.8) is 0 Å². The van der Waals surface area contributed by atoms with Crippen LogP contribution in [0, 0.1) is 0 Å². The van der Waals surface area contributed by atoms with Gasteiger partial charge in [-0.2, -0.15) is 0 Å². The molecule has 1 N–H and O–H groups in total. The number of nitrogens with zero attached hydrogens (tertiary/aromatic N) is 2. The number of halogens is 2. The number of amidine groups is 1. The van der Waals surface area contributed by atoms with Crippen molar-refractivity contribution in [3.05, 3.63) is 34.3 Å². The largest absolute Gasteiger partial charge is 0.350 e. The molecular formula is C19H27Br2N3OS. The van der Waals surface area contributed by atoms with E-state index in [2.05, 4.69) is 26.1 Å². The van der Waals surface area contributed by atoms with Gasteiger partial charge in [0.1, 0.15) is 6.04 Å². The second-order valence-corrected chi connectivity index (χ2v) is 8.75. The van der Waals surface area contributed by atoms with Crippen LogP contribution in [0.1, 0.15) is 44.1 Å². The zero-order chi connectivity index (χ0) is 17.6. The molecule has 1 unspecified atom stereocenters. The van der Waals surface area contributed by atoms with Crippen molar-refractivity contribution in [1.29, 1.82) is 0 Å². The highest BCUT2D eigenvalue weighted by molar-refractivity contribution is 9.10. The van der Waals surface area contributed by atoms with Crippen LogP contribution in [0.4, 0.5) is 0 Å². The zero-order valence-electron chi connectivity index (χ0n) is 15.1. The predicted octanol–water partition coefficient (Wildman–Crippen LogP) is 4.77. The Labute approximate surface area is 179 Å². The highest BCUT2D eigenvalue weighted by Gasteiger charge is 2.33. The number of amides is 1. The topological polar surface area (TPSA) is 44.7 Å². The lowest BCUT2D eigenvalue weighted by molar-refractivity contribution is -0.124. The average Bonchev–Trinajstić information content (AvgIpc) is 2.80. The van der Waals surface area contributed by atoms with E-state index in [4.69, 9.17) is 4.99 Å². The van der Waals surface area contributed by atoms with E-state index >= 15 is 0 Å². The van der Waals surface area contributed by atoms with Crippen LogP contribution in [-0.2, 0) is 11.3 Å². The maximum absolute atomic E-state index is 12.6. The third-order valence-electron chi connectivity index (χ3n) is 4.92. The minimum absolute atomic E-state index is 0. The normalized spacial score (nSPS) is 22.8. The molecule has 1 amide bonds. The Morgan fingerprint density at radius 1 is 1.31 bits per heavy atom. The molecule has 1 aliphatic heterocycles. The van der Waals surface area contributed by atoms with Crippen molar-refractivity contribution in [3.8, 4) is 0 Å². The molecule has 1 atom stereocenters. The zero-order valence-corrected chi connectivity index (χ0v) is 19.2. The van der Waals surface area contributed by atoms with Crippen molar-refractivity contribution in [2.45, 2.75) is 57.2 Å². The first kappa shape index (κ1) is 21.8. The summed E-state index contributed by atoms with van der Waals surface area (Å²) >= 11 is 5.18. The van der Waals surface area contributed by atoms with E-state index in [1.165, 1.54) is 38.5 Å². The number of thioether (sulfide) groups is 1. The summed E-state index contributed by atoms with van der Waals surface area (Å²) in [5.74, 6) is 0.868. The van der Waals surface area contributed by atoms with Crippen LogP contribution < -0.4 is 5.32 Å². The van der Waals surface area contributed by atoms with Gasteiger partial charge in [0.05, 0.1) is 6.04 Å². The summed E-state index contributed by atoms with van der Waals surface area (Å²) in [6.45, 7) is 0.558. The fourth-order valence-corrected chi connectivity index (χ4v) is 5.06. The van der Waals surface area contributed by atoms with Gasteiger partial charge in [-0.1, -0.05) is 65.5 Å². The quantitative estimate of drug-likeness (QED) is 0.600. The van der Waals surface area contributed by atoms with Crippen molar-refractivity contribution in [2.24, 2.45) is 4.99 Å². The molecule has 1 saturated heterocycles. The van der Waals surface area contributed by atoms with Crippen molar-refractivity contribution in [1.82, 2.24) is 10.2 Å². The number of hydrogen-bond acceptors (Lipinski definition) is 3. The van der Waals surface area contributed by atoms with Gasteiger partial charge in [0.25, 0.3) is 0 Å². The van der Waals surface area contributed by atoms with Gasteiger partial charge in [-0.05, 0) is 30.5 Å². The lowest BCUT2D eigenvalue weighted by atomic mass is 10.1. The van der Waals surface area contributed by atoms with Crippen LogP contribution in [0.3, 0.4) is 0 Å². The van der Waals surface area contributed by atoms with E-state index in [0.717, 1.165) is 21.0 Å². The Morgan fingerprint density at radius 2 is 2.04 bits per heavy atom. The highest BCUT2D eigenvalue weighted by atomic mass is 79.9. The minimum atomic E-state index is -0.123. The number of rotatable bonds is 4. The van der Waals surface area contributed by atoms with E-state index in [-0.39, 0.29) is 28.9 Å². The van der Waals surface area contributed by atoms with Gasteiger partial charge in [0.2, 0.25) is 5.91 Å². The summed E-state index contributed by atoms with van der Waals surface area (Å²) in [6, 6.07) is 8.35. The average molecular weight is 505 g/mol. The summed E-state index contributed by atoms with van der Waals surface area (Å²) in [5.41, 5.74) is 1.10. The molecule has 3 rings (SSSR count). The first-order chi connectivity index (χ1) is 12.1. The van der Waals surface area contributed by atoms with E-state index < -0.39 is 0 Å². The van der Waals surface area contributed by atoms with E-state index in [1.807, 2.05) is 31.3 Å². The third kappa shape index (κ3) is 5.99. The summed E-state index contributed by atoms with van der Waals surface area (Å²) in [6.07, 6.45) is 7.63. The monoisotopic (exact) mass is 503 g/mol. The fourth-order valence-electron chi connectivity index (χ4n) is 3.38. The van der Waals surface area contributed by atoms with Gasteiger partial charge in [-0.3, -0.25) is 9.79 Å². The molecule has 7 heteroatoms. The molecule has 2 aliphatic rings. The van der Waals surface area contributed by atoms with E-state index in [0.29, 0.717) is 12.6 Å². The molecule has 1 aliphatic carbocycles. The molecule has 1 heterocycles. The maximum atomic E-state index is 12.6. The molecule has 1 saturated carbocycles. The van der Waals surface area contributed by atoms with E-state index in [1.54, 1.807) is 11.8 Å². The molecule has 0 spiro atoms. The molecule has 1 aromatic rings. The Kier molecular flexibility index (Phi) is 8.97. The lowest BCUT2D eigenvalue weighted by Gasteiger charge is -2.21. The molecule has 144 valence electrons. The summed E-state index contributed by atoms with van der Waals surface area (Å²) < 4.78 is 1.03. The van der Waals surface area contributed by atoms with Crippen LogP contribution in [-0.4, -0.2) is 40.9 Å². The lowest BCUT2D eigenvalue weighted by Crippen LogP contribution is -2.44. The standard InChI is InChI=1S/C19H26BrN3OS.BrH/c1-23-17(18(24)21-12-14-7-6-8-15(20)11-14)13-25-19(23)22-16-9-4-2-3-5-10-16;/h6-8,11,16-17H,2-5,9-10,12-13H2,1H3,(H,21,24);1H. The third-order valence-corrected chi connectivity index (χ3v) is 6.54. The van der Waals surface area contributed by atoms with Crippen molar-refractivity contribution >= 4 is 55.7 Å². The SMILES string of the molecule is Br.CN1C(=NC2CCCCCC2)SCC1C(=O)NCc1cccc(Br)c1. The van der Waals surface area contributed by atoms with Gasteiger partial charge in [-0.15, -0.1) is 17.0 Å². The maximum Gasteiger partial charge on any atom is 0.243 e. The van der Waals surface area contributed by atoms with Crippen molar-refractivity contribution < 1.29 is 4.79 Å². The summed E-state index contributed by atoms with van der Waals surface area (Å²) in [4.78, 5) is 19.6. The number of aliphatic imine (C=N–C) groups is 1. The number of hydrogen-bond donors (Lipinski definition) is 1. The summed E-state index contributed by atoms with van der Waals surface area (Å²) in [5, 5.41) is 4.10. The molecule has 2 fully saturated rings. The van der Waals surface area contributed by atoms with Crippen LogP contribution in [0.2, 0.25) is 0 Å². The second kappa shape index (κ2) is 10.7. The Balaban J connectivity index is 0.00000243. The van der Waals surface area contributed by atoms with Gasteiger partial charge in [0.15, 0.2) is 5.17 Å². The Morgan fingerprint density at radius 3 is 2.73 bits per heavy atom. The van der Waals surface area contributed by atoms with Crippen LogP contribution in [0.15, 0.2) is 33.7 Å². The predicted molar refractivity (Wildman–Crippen MR) is 119 cm³/mol. The molecule has 0 aromatic heterocycles. The van der Waals surface area contributed by atoms with Crippen LogP contribution >= 0.6 is 44.7 Å². The minimum Gasteiger partial charge on any atom is -0.350 e. The molecule has 26 heavy (non-hydrogen) atoms.